The van der Waals surface area contributed by atoms with E-state index < -0.39 is 6.10 Å². The molecule has 0 radical (unpaired) electrons. The van der Waals surface area contributed by atoms with Crippen LogP contribution in [0.15, 0.2) is 24.3 Å². The van der Waals surface area contributed by atoms with Crippen LogP contribution in [-0.2, 0) is 0 Å². The van der Waals surface area contributed by atoms with Crippen LogP contribution in [0.2, 0.25) is 0 Å². The van der Waals surface area contributed by atoms with E-state index in [-0.39, 0.29) is 5.78 Å². The number of benzene rings is 1. The first-order valence-corrected chi connectivity index (χ1v) is 3.87. The number of rotatable bonds is 2. The van der Waals surface area contributed by atoms with Gasteiger partial charge in [-0.15, -0.1) is 0 Å². The lowest BCUT2D eigenvalue weighted by molar-refractivity contribution is 0.0779. The van der Waals surface area contributed by atoms with Crippen molar-refractivity contribution in [1.29, 1.82) is 5.26 Å². The van der Waals surface area contributed by atoms with Crippen molar-refractivity contribution in [3.63, 3.8) is 0 Å². The van der Waals surface area contributed by atoms with E-state index in [2.05, 4.69) is 0 Å². The molecule has 3 nitrogen and oxygen atoms in total. The van der Waals surface area contributed by atoms with Crippen molar-refractivity contribution in [2.24, 2.45) is 0 Å². The van der Waals surface area contributed by atoms with E-state index in [0.717, 1.165) is 0 Å². The summed E-state index contributed by atoms with van der Waals surface area (Å²) in [6.45, 7) is 1.40. The Morgan fingerprint density at radius 2 is 2.31 bits per heavy atom. The average molecular weight is 175 g/mol. The minimum absolute atomic E-state index is 0.364. The number of ketones is 1. The Kier molecular flexibility index (Phi) is 2.78. The third-order valence-electron chi connectivity index (χ3n) is 1.66. The van der Waals surface area contributed by atoms with Gasteiger partial charge in [-0.25, -0.2) is 0 Å². The Bertz CT molecular complexity index is 363. The fraction of sp³-hybridized carbons (Fsp3) is 0.200. The quantitative estimate of drug-likeness (QED) is 0.685. The summed E-state index contributed by atoms with van der Waals surface area (Å²) in [7, 11) is 0. The Morgan fingerprint density at radius 1 is 1.62 bits per heavy atom. The first-order chi connectivity index (χ1) is 6.15. The van der Waals surface area contributed by atoms with Gasteiger partial charge in [0.15, 0.2) is 5.78 Å². The van der Waals surface area contributed by atoms with Crippen molar-refractivity contribution in [2.75, 3.05) is 0 Å². The van der Waals surface area contributed by atoms with Gasteiger partial charge in [-0.3, -0.25) is 4.79 Å². The van der Waals surface area contributed by atoms with Crippen LogP contribution in [0.5, 0.6) is 0 Å². The maximum atomic E-state index is 11.3. The van der Waals surface area contributed by atoms with Crippen molar-refractivity contribution in [3.8, 4) is 6.07 Å². The largest absolute Gasteiger partial charge is 0.385 e. The number of nitriles is 1. The van der Waals surface area contributed by atoms with E-state index in [4.69, 9.17) is 10.4 Å². The van der Waals surface area contributed by atoms with Crippen molar-refractivity contribution in [2.45, 2.75) is 13.0 Å². The molecule has 0 amide bonds. The number of aliphatic hydroxyl groups excluding tert-OH is 1. The summed E-state index contributed by atoms with van der Waals surface area (Å²) in [6, 6.07) is 8.20. The van der Waals surface area contributed by atoms with Gasteiger partial charge in [-0.05, 0) is 19.1 Å². The maximum absolute atomic E-state index is 11.3. The van der Waals surface area contributed by atoms with Crippen molar-refractivity contribution >= 4 is 5.78 Å². The highest BCUT2D eigenvalue weighted by molar-refractivity contribution is 5.99. The van der Waals surface area contributed by atoms with E-state index in [0.29, 0.717) is 11.1 Å². The number of carbonyl (C=O) groups excluding carboxylic acids is 1. The Labute approximate surface area is 76.2 Å². The van der Waals surface area contributed by atoms with Crippen molar-refractivity contribution in [1.82, 2.24) is 0 Å². The standard InChI is InChI=1S/C10H9NO2/c1-7(12)10(13)9-4-2-3-8(5-9)6-11/h2-5,7,12H,1H3. The minimum atomic E-state index is -1.02. The second-order valence-corrected chi connectivity index (χ2v) is 2.73. The second-order valence-electron chi connectivity index (χ2n) is 2.73. The van der Waals surface area contributed by atoms with Crippen LogP contribution in [0.4, 0.5) is 0 Å². The molecule has 1 rings (SSSR count). The number of hydrogen-bond acceptors (Lipinski definition) is 3. The fourth-order valence-corrected chi connectivity index (χ4v) is 0.983. The van der Waals surface area contributed by atoms with Crippen molar-refractivity contribution < 1.29 is 9.90 Å². The highest BCUT2D eigenvalue weighted by Gasteiger charge is 2.11. The predicted octanol–water partition coefficient (Wildman–Crippen LogP) is 1.12. The molecule has 0 aliphatic rings. The normalized spacial score (nSPS) is 11.8. The smallest absolute Gasteiger partial charge is 0.191 e. The Morgan fingerprint density at radius 3 is 2.85 bits per heavy atom. The zero-order valence-electron chi connectivity index (χ0n) is 7.19. The highest BCUT2D eigenvalue weighted by atomic mass is 16.3. The summed E-state index contributed by atoms with van der Waals surface area (Å²) < 4.78 is 0. The molecule has 0 saturated heterocycles. The van der Waals surface area contributed by atoms with E-state index in [1.807, 2.05) is 6.07 Å². The second kappa shape index (κ2) is 3.83. The summed E-state index contributed by atoms with van der Waals surface area (Å²) in [4.78, 5) is 11.3. The number of hydrogen-bond donors (Lipinski definition) is 1. The first kappa shape index (κ1) is 9.43. The molecule has 0 heterocycles. The molecule has 1 aromatic carbocycles. The van der Waals surface area contributed by atoms with Gasteiger partial charge >= 0.3 is 0 Å². The Hall–Kier alpha value is -1.66. The van der Waals surface area contributed by atoms with E-state index in [9.17, 15) is 4.79 Å². The summed E-state index contributed by atoms with van der Waals surface area (Å²) in [5.74, 6) is -0.364. The predicted molar refractivity (Wildman–Crippen MR) is 47.2 cm³/mol. The van der Waals surface area contributed by atoms with E-state index in [1.54, 1.807) is 18.2 Å². The molecule has 0 aliphatic heterocycles. The number of Topliss-reactive ketones (excluding diaryl/α,β-unsaturated/α-hetero) is 1. The molecule has 0 aliphatic carbocycles. The van der Waals surface area contributed by atoms with Gasteiger partial charge in [0.1, 0.15) is 6.10 Å². The van der Waals surface area contributed by atoms with Gasteiger partial charge in [0.05, 0.1) is 11.6 Å². The highest BCUT2D eigenvalue weighted by Crippen LogP contribution is 2.06. The van der Waals surface area contributed by atoms with Gasteiger partial charge in [-0.2, -0.15) is 5.26 Å². The lowest BCUT2D eigenvalue weighted by Gasteiger charge is -2.02. The summed E-state index contributed by atoms with van der Waals surface area (Å²) in [5.41, 5.74) is 0.792. The molecule has 1 unspecified atom stereocenters. The summed E-state index contributed by atoms with van der Waals surface area (Å²) in [6.07, 6.45) is -1.02. The molecule has 0 bridgehead atoms. The zero-order chi connectivity index (χ0) is 9.84. The number of nitrogens with zero attached hydrogens (tertiary/aromatic N) is 1. The van der Waals surface area contributed by atoms with Crippen LogP contribution in [0.1, 0.15) is 22.8 Å². The molecule has 1 aromatic rings. The molecule has 1 N–H and O–H groups in total. The number of carbonyl (C=O) groups is 1. The average Bonchev–Trinajstić information content (AvgIpc) is 2.16. The fourth-order valence-electron chi connectivity index (χ4n) is 0.983. The molecule has 0 fully saturated rings. The first-order valence-electron chi connectivity index (χ1n) is 3.87. The molecule has 66 valence electrons. The molecule has 1 atom stereocenters. The third kappa shape index (κ3) is 2.14. The zero-order valence-corrected chi connectivity index (χ0v) is 7.19. The molecule has 0 aromatic heterocycles. The van der Waals surface area contributed by atoms with Crippen LogP contribution in [-0.4, -0.2) is 17.0 Å². The van der Waals surface area contributed by atoms with Gasteiger partial charge in [-0.1, -0.05) is 12.1 Å². The lowest BCUT2D eigenvalue weighted by Crippen LogP contribution is -2.15. The SMILES string of the molecule is CC(O)C(=O)c1cccc(C#N)c1. The number of aliphatic hydroxyl groups is 1. The van der Waals surface area contributed by atoms with Gasteiger partial charge in [0.25, 0.3) is 0 Å². The van der Waals surface area contributed by atoms with Crippen molar-refractivity contribution in [3.05, 3.63) is 35.4 Å². The molecule has 13 heavy (non-hydrogen) atoms. The summed E-state index contributed by atoms with van der Waals surface area (Å²) >= 11 is 0. The van der Waals surface area contributed by atoms with Crippen LogP contribution in [0.3, 0.4) is 0 Å². The maximum Gasteiger partial charge on any atom is 0.191 e. The van der Waals surface area contributed by atoms with Gasteiger partial charge in [0, 0.05) is 5.56 Å². The van der Waals surface area contributed by atoms with Gasteiger partial charge in [0.2, 0.25) is 0 Å². The third-order valence-corrected chi connectivity index (χ3v) is 1.66. The monoisotopic (exact) mass is 175 g/mol. The van der Waals surface area contributed by atoms with Crippen LogP contribution in [0.25, 0.3) is 0 Å². The summed E-state index contributed by atoms with van der Waals surface area (Å²) in [5, 5.41) is 17.6. The topological polar surface area (TPSA) is 61.1 Å². The molecule has 0 saturated carbocycles. The van der Waals surface area contributed by atoms with Crippen LogP contribution >= 0.6 is 0 Å². The molecular formula is C10H9NO2. The molecule has 3 heteroatoms. The van der Waals surface area contributed by atoms with E-state index in [1.165, 1.54) is 13.0 Å². The van der Waals surface area contributed by atoms with Crippen LogP contribution < -0.4 is 0 Å². The van der Waals surface area contributed by atoms with Gasteiger partial charge < -0.3 is 5.11 Å². The Balaban J connectivity index is 3.04. The van der Waals surface area contributed by atoms with E-state index >= 15 is 0 Å². The molecular weight excluding hydrogens is 166 g/mol. The molecule has 0 spiro atoms. The lowest BCUT2D eigenvalue weighted by atomic mass is 10.1. The van der Waals surface area contributed by atoms with Crippen LogP contribution in [0, 0.1) is 11.3 Å². The minimum Gasteiger partial charge on any atom is -0.385 e.